The first-order chi connectivity index (χ1) is 9.10. The predicted octanol–water partition coefficient (Wildman–Crippen LogP) is 2.95. The number of carboxylic acids is 1. The van der Waals surface area contributed by atoms with Gasteiger partial charge in [0, 0.05) is 5.69 Å². The highest BCUT2D eigenvalue weighted by atomic mass is 35.5. The van der Waals surface area contributed by atoms with Crippen molar-refractivity contribution in [2.24, 2.45) is 0 Å². The molecule has 2 N–H and O–H groups in total. The lowest BCUT2D eigenvalue weighted by Gasteiger charge is -2.19. The van der Waals surface area contributed by atoms with Crippen LogP contribution in [0, 0.1) is 0 Å². The number of carbonyl (C=O) groups is 3. The standard InChI is InChI=1S/C13H14ClNO5/c1-13(2,3)20-12(19)15-7-4-5-9(14)8(6-7)10(16)11(17)18/h4-6H,1-3H3,(H,15,19)(H,17,18). The van der Waals surface area contributed by atoms with Crippen LogP contribution in [0.2, 0.25) is 5.02 Å². The van der Waals surface area contributed by atoms with E-state index in [0.717, 1.165) is 0 Å². The normalized spacial score (nSPS) is 10.8. The molecular formula is C13H14ClNO5. The van der Waals surface area contributed by atoms with Crippen LogP contribution in [-0.2, 0) is 9.53 Å². The molecule has 0 bridgehead atoms. The van der Waals surface area contributed by atoms with Gasteiger partial charge in [-0.25, -0.2) is 9.59 Å². The van der Waals surface area contributed by atoms with Gasteiger partial charge in [-0.05, 0) is 39.0 Å². The Bertz CT molecular complexity index is 562. The number of halogens is 1. The first kappa shape index (κ1) is 16.0. The molecule has 0 saturated carbocycles. The van der Waals surface area contributed by atoms with Gasteiger partial charge in [-0.1, -0.05) is 11.6 Å². The predicted molar refractivity (Wildman–Crippen MR) is 73.3 cm³/mol. The SMILES string of the molecule is CC(C)(C)OC(=O)Nc1ccc(Cl)c(C(=O)C(=O)O)c1. The molecule has 0 fully saturated rings. The molecule has 1 amide bonds. The molecule has 0 aliphatic rings. The summed E-state index contributed by atoms with van der Waals surface area (Å²) >= 11 is 5.75. The summed E-state index contributed by atoms with van der Waals surface area (Å²) < 4.78 is 5.04. The minimum atomic E-state index is -1.62. The number of aliphatic carboxylic acids is 1. The summed E-state index contributed by atoms with van der Waals surface area (Å²) in [7, 11) is 0. The van der Waals surface area contributed by atoms with Crippen molar-refractivity contribution in [2.75, 3.05) is 5.32 Å². The number of amides is 1. The molecule has 1 aromatic carbocycles. The van der Waals surface area contributed by atoms with E-state index in [0.29, 0.717) is 0 Å². The maximum Gasteiger partial charge on any atom is 0.412 e. The lowest BCUT2D eigenvalue weighted by molar-refractivity contribution is -0.131. The molecule has 6 nitrogen and oxygen atoms in total. The van der Waals surface area contributed by atoms with Gasteiger partial charge in [0.15, 0.2) is 0 Å². The molecule has 0 aliphatic carbocycles. The van der Waals surface area contributed by atoms with E-state index >= 15 is 0 Å². The van der Waals surface area contributed by atoms with E-state index in [1.165, 1.54) is 18.2 Å². The quantitative estimate of drug-likeness (QED) is 0.661. The van der Waals surface area contributed by atoms with Gasteiger partial charge in [-0.3, -0.25) is 10.1 Å². The molecule has 108 valence electrons. The highest BCUT2D eigenvalue weighted by Gasteiger charge is 2.20. The van der Waals surface area contributed by atoms with E-state index in [1.54, 1.807) is 20.8 Å². The Morgan fingerprint density at radius 3 is 2.35 bits per heavy atom. The van der Waals surface area contributed by atoms with Gasteiger partial charge in [0.2, 0.25) is 0 Å². The highest BCUT2D eigenvalue weighted by molar-refractivity contribution is 6.45. The minimum absolute atomic E-state index is 0.00728. The maximum absolute atomic E-state index is 11.6. The molecule has 1 rings (SSSR count). The molecular weight excluding hydrogens is 286 g/mol. The summed E-state index contributed by atoms with van der Waals surface area (Å²) in [6, 6.07) is 3.94. The Balaban J connectivity index is 2.94. The number of anilines is 1. The van der Waals surface area contributed by atoms with Crippen LogP contribution in [0.5, 0.6) is 0 Å². The molecule has 0 spiro atoms. The van der Waals surface area contributed by atoms with Crippen molar-refractivity contribution in [3.05, 3.63) is 28.8 Å². The van der Waals surface area contributed by atoms with Crippen LogP contribution >= 0.6 is 11.6 Å². The zero-order valence-corrected chi connectivity index (χ0v) is 11.9. The fourth-order valence-electron chi connectivity index (χ4n) is 1.31. The maximum atomic E-state index is 11.6. The second kappa shape index (κ2) is 5.92. The Hall–Kier alpha value is -2.08. The van der Waals surface area contributed by atoms with Crippen LogP contribution in [0.3, 0.4) is 0 Å². The monoisotopic (exact) mass is 299 g/mol. The summed E-state index contributed by atoms with van der Waals surface area (Å²) in [6.45, 7) is 5.11. The largest absolute Gasteiger partial charge is 0.475 e. The molecule has 0 aromatic heterocycles. The third-order valence-corrected chi connectivity index (χ3v) is 2.38. The van der Waals surface area contributed by atoms with Gasteiger partial charge in [-0.15, -0.1) is 0 Å². The van der Waals surface area contributed by atoms with Crippen molar-refractivity contribution >= 4 is 35.1 Å². The number of ether oxygens (including phenoxy) is 1. The summed E-state index contributed by atoms with van der Waals surface area (Å²) in [6.07, 6.45) is -0.714. The van der Waals surface area contributed by atoms with Crippen LogP contribution in [0.4, 0.5) is 10.5 Å². The van der Waals surface area contributed by atoms with Crippen molar-refractivity contribution in [3.63, 3.8) is 0 Å². The van der Waals surface area contributed by atoms with E-state index in [9.17, 15) is 14.4 Å². The molecule has 0 atom stereocenters. The van der Waals surface area contributed by atoms with Gasteiger partial charge >= 0.3 is 12.1 Å². The van der Waals surface area contributed by atoms with Gasteiger partial charge < -0.3 is 9.84 Å². The first-order valence-corrected chi connectivity index (χ1v) is 6.05. The molecule has 0 unspecified atom stereocenters. The number of rotatable bonds is 3. The number of benzene rings is 1. The van der Waals surface area contributed by atoms with E-state index in [1.807, 2.05) is 0 Å². The zero-order valence-electron chi connectivity index (χ0n) is 11.2. The van der Waals surface area contributed by atoms with Crippen molar-refractivity contribution < 1.29 is 24.2 Å². The minimum Gasteiger partial charge on any atom is -0.475 e. The Morgan fingerprint density at radius 2 is 1.85 bits per heavy atom. The van der Waals surface area contributed by atoms with E-state index in [2.05, 4.69) is 5.32 Å². The van der Waals surface area contributed by atoms with Gasteiger partial charge in [0.1, 0.15) is 5.60 Å². The number of hydrogen-bond donors (Lipinski definition) is 2. The third-order valence-electron chi connectivity index (χ3n) is 2.05. The van der Waals surface area contributed by atoms with E-state index < -0.39 is 23.4 Å². The van der Waals surface area contributed by atoms with Crippen LogP contribution in [0.25, 0.3) is 0 Å². The van der Waals surface area contributed by atoms with Crippen LogP contribution in [0.15, 0.2) is 18.2 Å². The Morgan fingerprint density at radius 1 is 1.25 bits per heavy atom. The molecule has 0 radical (unpaired) electrons. The molecule has 0 heterocycles. The molecule has 0 saturated heterocycles. The van der Waals surface area contributed by atoms with E-state index in [-0.39, 0.29) is 16.3 Å². The van der Waals surface area contributed by atoms with Crippen LogP contribution in [-0.4, -0.2) is 28.6 Å². The average molecular weight is 300 g/mol. The average Bonchev–Trinajstić information content (AvgIpc) is 2.28. The Labute approximate surface area is 120 Å². The third kappa shape index (κ3) is 4.55. The number of Topliss-reactive ketones (excluding diaryl/α,β-unsaturated/α-hetero) is 1. The van der Waals surface area contributed by atoms with Crippen molar-refractivity contribution in [1.82, 2.24) is 0 Å². The lowest BCUT2D eigenvalue weighted by atomic mass is 10.1. The van der Waals surface area contributed by atoms with Gasteiger partial charge in [-0.2, -0.15) is 0 Å². The summed E-state index contributed by atoms with van der Waals surface area (Å²) in [4.78, 5) is 33.6. The topological polar surface area (TPSA) is 92.7 Å². The fourth-order valence-corrected chi connectivity index (χ4v) is 1.52. The number of carboxylic acid groups (broad SMARTS) is 1. The number of hydrogen-bond acceptors (Lipinski definition) is 4. The molecule has 0 aliphatic heterocycles. The Kier molecular flexibility index (Phi) is 4.73. The smallest absolute Gasteiger partial charge is 0.412 e. The first-order valence-electron chi connectivity index (χ1n) is 5.67. The highest BCUT2D eigenvalue weighted by Crippen LogP contribution is 2.22. The number of ketones is 1. The van der Waals surface area contributed by atoms with Gasteiger partial charge in [0.25, 0.3) is 5.78 Å². The molecule has 20 heavy (non-hydrogen) atoms. The molecule has 7 heteroatoms. The van der Waals surface area contributed by atoms with Crippen LogP contribution in [0.1, 0.15) is 31.1 Å². The zero-order chi connectivity index (χ0) is 15.5. The summed E-state index contributed by atoms with van der Waals surface area (Å²) in [5, 5.41) is 11.1. The number of nitrogens with one attached hydrogen (secondary N) is 1. The van der Waals surface area contributed by atoms with Gasteiger partial charge in [0.05, 0.1) is 10.6 Å². The summed E-state index contributed by atoms with van der Waals surface area (Å²) in [5.74, 6) is -2.77. The van der Waals surface area contributed by atoms with Crippen molar-refractivity contribution in [2.45, 2.75) is 26.4 Å². The number of carbonyl (C=O) groups excluding carboxylic acids is 2. The van der Waals surface area contributed by atoms with Crippen molar-refractivity contribution in [1.29, 1.82) is 0 Å². The molecule has 1 aromatic rings. The second-order valence-electron chi connectivity index (χ2n) is 4.96. The fraction of sp³-hybridized carbons (Fsp3) is 0.308. The second-order valence-corrected chi connectivity index (χ2v) is 5.36. The lowest BCUT2D eigenvalue weighted by Crippen LogP contribution is -2.27. The summed E-state index contributed by atoms with van der Waals surface area (Å²) in [5.41, 5.74) is -0.656. The van der Waals surface area contributed by atoms with E-state index in [4.69, 9.17) is 21.4 Å². The van der Waals surface area contributed by atoms with Crippen molar-refractivity contribution in [3.8, 4) is 0 Å². The van der Waals surface area contributed by atoms with Crippen LogP contribution < -0.4 is 5.32 Å².